The second-order valence-corrected chi connectivity index (χ2v) is 11.1. The molecule has 5 rings (SSSR count). The van der Waals surface area contributed by atoms with Gasteiger partial charge < -0.3 is 30.2 Å². The Bertz CT molecular complexity index is 1810. The Hall–Kier alpha value is -4.93. The number of nitrogens with zero attached hydrogens (tertiary/aromatic N) is 2. The molecule has 1 aliphatic rings. The van der Waals surface area contributed by atoms with E-state index in [2.05, 4.69) is 16.0 Å². The molecule has 0 spiro atoms. The highest BCUT2D eigenvalue weighted by Gasteiger charge is 2.22. The fourth-order valence-corrected chi connectivity index (χ4v) is 5.19. The lowest BCUT2D eigenvalue weighted by Gasteiger charge is -2.27. The first-order valence-electron chi connectivity index (χ1n) is 14.5. The number of benzene rings is 3. The van der Waals surface area contributed by atoms with E-state index in [9.17, 15) is 19.2 Å². The largest absolute Gasteiger partial charge is 0.378 e. The number of morpholine rings is 1. The van der Waals surface area contributed by atoms with Crippen molar-refractivity contribution in [3.63, 3.8) is 0 Å². The van der Waals surface area contributed by atoms with Crippen molar-refractivity contribution < 1.29 is 19.1 Å². The number of ether oxygens (including phenoxy) is 1. The molecule has 232 valence electrons. The number of alkyl halides is 1. The summed E-state index contributed by atoms with van der Waals surface area (Å²) in [6.45, 7) is 5.65. The average molecular weight is 628 g/mol. The summed E-state index contributed by atoms with van der Waals surface area (Å²) < 4.78 is 6.83. The molecule has 0 radical (unpaired) electrons. The third-order valence-electron chi connectivity index (χ3n) is 7.61. The highest BCUT2D eigenvalue weighted by molar-refractivity contribution is 6.29. The van der Waals surface area contributed by atoms with Crippen LogP contribution in [0.3, 0.4) is 0 Å². The third-order valence-corrected chi connectivity index (χ3v) is 7.86. The van der Waals surface area contributed by atoms with Gasteiger partial charge >= 0.3 is 0 Å². The molecule has 0 aliphatic carbocycles. The van der Waals surface area contributed by atoms with E-state index in [1.807, 2.05) is 44.2 Å². The molecule has 3 amide bonds. The average Bonchev–Trinajstić information content (AvgIpc) is 3.04. The Labute approximate surface area is 266 Å². The van der Waals surface area contributed by atoms with Crippen molar-refractivity contribution in [2.75, 3.05) is 48.1 Å². The highest BCUT2D eigenvalue weighted by Crippen LogP contribution is 2.31. The number of halogens is 1. The zero-order chi connectivity index (χ0) is 32.1. The van der Waals surface area contributed by atoms with E-state index in [0.29, 0.717) is 48.8 Å². The first-order chi connectivity index (χ1) is 21.6. The molecule has 1 aromatic heterocycles. The SMILES string of the molecule is Cc1ccc(C(=O)Nc2cccc(-c3cc(Nc4ccc(C(=O)N5CCOCC5)c(NC(=O)CCl)c4)c(=O)n(C)c3)c2C)cc1. The molecular formula is C34H34ClN5O5. The number of anilines is 4. The van der Waals surface area contributed by atoms with Gasteiger partial charge in [-0.1, -0.05) is 29.8 Å². The molecule has 3 N–H and O–H groups in total. The number of nitrogens with one attached hydrogen (secondary N) is 3. The molecule has 10 nitrogen and oxygen atoms in total. The molecular weight excluding hydrogens is 594 g/mol. The quantitative estimate of drug-likeness (QED) is 0.228. The van der Waals surface area contributed by atoms with Crippen molar-refractivity contribution >= 4 is 52.1 Å². The Kier molecular flexibility index (Phi) is 9.65. The first-order valence-corrected chi connectivity index (χ1v) is 15.0. The summed E-state index contributed by atoms with van der Waals surface area (Å²) in [6, 6.07) is 19.6. The van der Waals surface area contributed by atoms with E-state index in [-0.39, 0.29) is 34.6 Å². The molecule has 0 bridgehead atoms. The van der Waals surface area contributed by atoms with Gasteiger partial charge in [0.1, 0.15) is 11.6 Å². The van der Waals surface area contributed by atoms with Gasteiger partial charge in [0, 0.05) is 48.8 Å². The van der Waals surface area contributed by atoms with Crippen LogP contribution in [0.4, 0.5) is 22.7 Å². The van der Waals surface area contributed by atoms with Crippen LogP contribution in [0.25, 0.3) is 11.1 Å². The summed E-state index contributed by atoms with van der Waals surface area (Å²) in [4.78, 5) is 53.3. The minimum Gasteiger partial charge on any atom is -0.378 e. The van der Waals surface area contributed by atoms with Crippen molar-refractivity contribution in [1.82, 2.24) is 9.47 Å². The summed E-state index contributed by atoms with van der Waals surface area (Å²) in [5.41, 5.74) is 5.77. The molecule has 1 saturated heterocycles. The van der Waals surface area contributed by atoms with Crippen molar-refractivity contribution in [3.05, 3.63) is 106 Å². The molecule has 4 aromatic rings. The van der Waals surface area contributed by atoms with Gasteiger partial charge in [-0.05, 0) is 67.4 Å². The molecule has 1 aliphatic heterocycles. The molecule has 3 aromatic carbocycles. The van der Waals surface area contributed by atoms with Crippen molar-refractivity contribution in [2.45, 2.75) is 13.8 Å². The van der Waals surface area contributed by atoms with Crippen LogP contribution in [0.5, 0.6) is 0 Å². The van der Waals surface area contributed by atoms with Gasteiger partial charge in [-0.3, -0.25) is 19.2 Å². The van der Waals surface area contributed by atoms with E-state index < -0.39 is 5.91 Å². The fourth-order valence-electron chi connectivity index (χ4n) is 5.12. The highest BCUT2D eigenvalue weighted by atomic mass is 35.5. The van der Waals surface area contributed by atoms with Crippen LogP contribution in [0.2, 0.25) is 0 Å². The number of carbonyl (C=O) groups is 3. The smallest absolute Gasteiger partial charge is 0.274 e. The minimum atomic E-state index is -0.465. The second-order valence-electron chi connectivity index (χ2n) is 10.8. The van der Waals surface area contributed by atoms with Crippen LogP contribution in [0.1, 0.15) is 31.8 Å². The predicted molar refractivity (Wildman–Crippen MR) is 177 cm³/mol. The lowest BCUT2D eigenvalue weighted by Crippen LogP contribution is -2.41. The molecule has 1 fully saturated rings. The molecule has 45 heavy (non-hydrogen) atoms. The van der Waals surface area contributed by atoms with E-state index in [1.165, 1.54) is 4.57 Å². The van der Waals surface area contributed by atoms with Gasteiger partial charge in [0.15, 0.2) is 0 Å². The van der Waals surface area contributed by atoms with E-state index in [1.54, 1.807) is 54.5 Å². The lowest BCUT2D eigenvalue weighted by atomic mass is 9.99. The maximum Gasteiger partial charge on any atom is 0.274 e. The minimum absolute atomic E-state index is 0.217. The van der Waals surface area contributed by atoms with Crippen molar-refractivity contribution in [1.29, 1.82) is 0 Å². The maximum atomic E-state index is 13.3. The fraction of sp³-hybridized carbons (Fsp3) is 0.235. The summed E-state index contributed by atoms with van der Waals surface area (Å²) in [6.07, 6.45) is 1.73. The summed E-state index contributed by atoms with van der Waals surface area (Å²) in [5, 5.41) is 8.86. The Morgan fingerprint density at radius 2 is 1.62 bits per heavy atom. The normalized spacial score (nSPS) is 12.8. The van der Waals surface area contributed by atoms with Gasteiger partial charge in [-0.25, -0.2) is 0 Å². The van der Waals surface area contributed by atoms with Crippen molar-refractivity contribution in [3.8, 4) is 11.1 Å². The third kappa shape index (κ3) is 7.25. The lowest BCUT2D eigenvalue weighted by molar-refractivity contribution is -0.113. The number of aryl methyl sites for hydroxylation is 2. The number of pyridine rings is 1. The Morgan fingerprint density at radius 1 is 0.889 bits per heavy atom. The molecule has 0 saturated carbocycles. The summed E-state index contributed by atoms with van der Waals surface area (Å²) in [7, 11) is 1.66. The van der Waals surface area contributed by atoms with Crippen LogP contribution < -0.4 is 21.5 Å². The van der Waals surface area contributed by atoms with Crippen LogP contribution in [0, 0.1) is 13.8 Å². The number of aromatic nitrogens is 1. The van der Waals surface area contributed by atoms with E-state index in [0.717, 1.165) is 22.3 Å². The number of carbonyl (C=O) groups excluding carboxylic acids is 3. The molecule has 0 atom stereocenters. The van der Waals surface area contributed by atoms with Gasteiger partial charge in [0.2, 0.25) is 5.91 Å². The van der Waals surface area contributed by atoms with Gasteiger partial charge in [0.05, 0.1) is 24.5 Å². The van der Waals surface area contributed by atoms with E-state index in [4.69, 9.17) is 16.3 Å². The molecule has 2 heterocycles. The van der Waals surface area contributed by atoms with Crippen LogP contribution in [0.15, 0.2) is 77.7 Å². The number of hydrogen-bond acceptors (Lipinski definition) is 6. The number of hydrogen-bond donors (Lipinski definition) is 3. The summed E-state index contributed by atoms with van der Waals surface area (Å²) >= 11 is 5.75. The zero-order valence-electron chi connectivity index (χ0n) is 25.3. The van der Waals surface area contributed by atoms with Crippen molar-refractivity contribution in [2.24, 2.45) is 7.05 Å². The van der Waals surface area contributed by atoms with Gasteiger partial charge in [0.25, 0.3) is 17.4 Å². The number of amides is 3. The van der Waals surface area contributed by atoms with Crippen LogP contribution in [-0.2, 0) is 16.6 Å². The second kappa shape index (κ2) is 13.8. The Balaban J connectivity index is 1.45. The molecule has 11 heteroatoms. The first kappa shape index (κ1) is 31.5. The predicted octanol–water partition coefficient (Wildman–Crippen LogP) is 5.31. The molecule has 0 unspecified atom stereocenters. The van der Waals surface area contributed by atoms with E-state index >= 15 is 0 Å². The van der Waals surface area contributed by atoms with Gasteiger partial charge in [-0.15, -0.1) is 11.6 Å². The van der Waals surface area contributed by atoms with Gasteiger partial charge in [-0.2, -0.15) is 0 Å². The zero-order valence-corrected chi connectivity index (χ0v) is 26.0. The topological polar surface area (TPSA) is 122 Å². The monoisotopic (exact) mass is 627 g/mol. The van der Waals surface area contributed by atoms with Crippen LogP contribution in [-0.4, -0.2) is 59.4 Å². The number of rotatable bonds is 8. The standard InChI is InChI=1S/C34H34ClN5O5/c1-21-7-9-23(10-8-21)32(42)38-28-6-4-5-26(22(28)2)24-17-30(34(44)39(3)20-24)36-25-11-12-27(29(18-25)37-31(41)19-35)33(43)40-13-15-45-16-14-40/h4-12,17-18,20,36H,13-16,19H2,1-3H3,(H,37,41)(H,38,42). The van der Waals surface area contributed by atoms with Crippen LogP contribution >= 0.6 is 11.6 Å². The maximum absolute atomic E-state index is 13.3. The Morgan fingerprint density at radius 3 is 2.33 bits per heavy atom. The summed E-state index contributed by atoms with van der Waals surface area (Å²) in [5.74, 6) is -1.20.